The molecule has 1 fully saturated rings. The largest absolute Gasteiger partial charge is 0.379 e. The second-order valence-corrected chi connectivity index (χ2v) is 5.02. The van der Waals surface area contributed by atoms with Gasteiger partial charge in [-0.05, 0) is 6.07 Å². The average molecular weight is 296 g/mol. The van der Waals surface area contributed by atoms with Crippen LogP contribution in [0.15, 0.2) is 12.1 Å². The van der Waals surface area contributed by atoms with Crippen molar-refractivity contribution in [3.8, 4) is 0 Å². The van der Waals surface area contributed by atoms with Gasteiger partial charge in [-0.15, -0.1) is 0 Å². The summed E-state index contributed by atoms with van der Waals surface area (Å²) in [6, 6.07) is 1.65. The molecule has 0 atom stereocenters. The van der Waals surface area contributed by atoms with Crippen LogP contribution in [0.4, 0.5) is 14.5 Å². The summed E-state index contributed by atoms with van der Waals surface area (Å²) in [6.45, 7) is 3.46. The lowest BCUT2D eigenvalue weighted by Gasteiger charge is -2.28. The predicted octanol–water partition coefficient (Wildman–Crippen LogP) is 0.826. The molecule has 21 heavy (non-hydrogen) atoms. The SMILES string of the molecule is O=C1C(=O)N(CCN2CCOCC2)c2cc(F)cc(F)c21. The van der Waals surface area contributed by atoms with E-state index in [9.17, 15) is 18.4 Å². The Morgan fingerprint density at radius 1 is 1.10 bits per heavy atom. The Labute approximate surface area is 120 Å². The van der Waals surface area contributed by atoms with Crippen molar-refractivity contribution in [3.05, 3.63) is 29.3 Å². The lowest BCUT2D eigenvalue weighted by atomic mass is 10.1. The number of carbonyl (C=O) groups is 2. The number of carbonyl (C=O) groups excluding carboxylic acids is 2. The number of hydrogen-bond donors (Lipinski definition) is 0. The molecule has 0 saturated carbocycles. The van der Waals surface area contributed by atoms with Gasteiger partial charge in [-0.1, -0.05) is 0 Å². The normalized spacial score (nSPS) is 19.2. The molecule has 112 valence electrons. The highest BCUT2D eigenvalue weighted by atomic mass is 19.1. The highest BCUT2D eigenvalue weighted by Crippen LogP contribution is 2.31. The van der Waals surface area contributed by atoms with Crippen LogP contribution in [0.1, 0.15) is 10.4 Å². The van der Waals surface area contributed by atoms with E-state index in [1.54, 1.807) is 0 Å². The van der Waals surface area contributed by atoms with Crippen LogP contribution >= 0.6 is 0 Å². The molecule has 0 N–H and O–H groups in total. The summed E-state index contributed by atoms with van der Waals surface area (Å²) >= 11 is 0. The molecule has 7 heteroatoms. The summed E-state index contributed by atoms with van der Waals surface area (Å²) in [5.74, 6) is -3.51. The van der Waals surface area contributed by atoms with Crippen molar-refractivity contribution in [2.45, 2.75) is 0 Å². The lowest BCUT2D eigenvalue weighted by Crippen LogP contribution is -2.42. The van der Waals surface area contributed by atoms with E-state index in [-0.39, 0.29) is 17.8 Å². The maximum Gasteiger partial charge on any atom is 0.299 e. The molecule has 5 nitrogen and oxygen atoms in total. The van der Waals surface area contributed by atoms with Gasteiger partial charge in [-0.2, -0.15) is 0 Å². The number of hydrogen-bond acceptors (Lipinski definition) is 4. The molecule has 0 spiro atoms. The molecule has 0 unspecified atom stereocenters. The number of fused-ring (bicyclic) bond motifs is 1. The smallest absolute Gasteiger partial charge is 0.299 e. The number of benzene rings is 1. The van der Waals surface area contributed by atoms with E-state index in [1.807, 2.05) is 0 Å². The van der Waals surface area contributed by atoms with E-state index in [1.165, 1.54) is 0 Å². The van der Waals surface area contributed by atoms with Gasteiger partial charge in [0.1, 0.15) is 11.6 Å². The van der Waals surface area contributed by atoms with Gasteiger partial charge < -0.3 is 9.64 Å². The molecule has 2 aliphatic rings. The minimum Gasteiger partial charge on any atom is -0.379 e. The van der Waals surface area contributed by atoms with E-state index in [0.29, 0.717) is 25.8 Å². The number of morpholine rings is 1. The molecule has 1 amide bonds. The number of amides is 1. The van der Waals surface area contributed by atoms with Gasteiger partial charge in [0.15, 0.2) is 0 Å². The maximum atomic E-state index is 13.7. The number of anilines is 1. The van der Waals surface area contributed by atoms with Crippen LogP contribution in [-0.2, 0) is 9.53 Å². The van der Waals surface area contributed by atoms with Crippen molar-refractivity contribution in [1.82, 2.24) is 4.90 Å². The summed E-state index contributed by atoms with van der Waals surface area (Å²) in [6.07, 6.45) is 0. The Hall–Kier alpha value is -1.86. The van der Waals surface area contributed by atoms with E-state index in [0.717, 1.165) is 24.1 Å². The Morgan fingerprint density at radius 2 is 1.81 bits per heavy atom. The topological polar surface area (TPSA) is 49.9 Å². The fraction of sp³-hybridized carbons (Fsp3) is 0.429. The molecule has 1 saturated heterocycles. The number of Topliss-reactive ketones (excluding diaryl/α,β-unsaturated/α-hetero) is 1. The number of ketones is 1. The molecule has 2 aliphatic heterocycles. The molecule has 1 aromatic carbocycles. The minimum absolute atomic E-state index is 0.0239. The van der Waals surface area contributed by atoms with Crippen molar-refractivity contribution in [2.24, 2.45) is 0 Å². The second-order valence-electron chi connectivity index (χ2n) is 5.02. The fourth-order valence-corrected chi connectivity index (χ4v) is 2.62. The van der Waals surface area contributed by atoms with Crippen molar-refractivity contribution >= 4 is 17.4 Å². The van der Waals surface area contributed by atoms with Crippen LogP contribution in [0.5, 0.6) is 0 Å². The van der Waals surface area contributed by atoms with E-state index in [4.69, 9.17) is 4.74 Å². The van der Waals surface area contributed by atoms with Gasteiger partial charge in [0, 0.05) is 32.2 Å². The fourth-order valence-electron chi connectivity index (χ4n) is 2.62. The standard InChI is InChI=1S/C14H14F2N2O3/c15-9-7-10(16)12-11(8-9)18(14(20)13(12)19)2-1-17-3-5-21-6-4-17/h7-8H,1-6H2. The van der Waals surface area contributed by atoms with E-state index >= 15 is 0 Å². The van der Waals surface area contributed by atoms with Gasteiger partial charge in [0.25, 0.3) is 11.7 Å². The maximum absolute atomic E-state index is 13.7. The first-order valence-corrected chi connectivity index (χ1v) is 6.73. The van der Waals surface area contributed by atoms with Crippen molar-refractivity contribution in [2.75, 3.05) is 44.3 Å². The van der Waals surface area contributed by atoms with Crippen molar-refractivity contribution in [1.29, 1.82) is 0 Å². The molecule has 1 aromatic rings. The summed E-state index contributed by atoms with van der Waals surface area (Å²) in [5, 5.41) is 0. The Balaban J connectivity index is 1.80. The Morgan fingerprint density at radius 3 is 2.52 bits per heavy atom. The Kier molecular flexibility index (Phi) is 3.69. The quantitative estimate of drug-likeness (QED) is 0.775. The number of ether oxygens (including phenoxy) is 1. The monoisotopic (exact) mass is 296 g/mol. The van der Waals surface area contributed by atoms with Crippen LogP contribution in [0.3, 0.4) is 0 Å². The highest BCUT2D eigenvalue weighted by molar-refractivity contribution is 6.52. The molecule has 0 aromatic heterocycles. The van der Waals surface area contributed by atoms with Crippen molar-refractivity contribution < 1.29 is 23.1 Å². The lowest BCUT2D eigenvalue weighted by molar-refractivity contribution is -0.114. The van der Waals surface area contributed by atoms with Gasteiger partial charge in [-0.25, -0.2) is 8.78 Å². The number of rotatable bonds is 3. The summed E-state index contributed by atoms with van der Waals surface area (Å²) in [7, 11) is 0. The Bertz CT molecular complexity index is 600. The molecular formula is C14H14F2N2O3. The molecule has 0 bridgehead atoms. The number of halogens is 2. The average Bonchev–Trinajstić information content (AvgIpc) is 2.70. The van der Waals surface area contributed by atoms with Gasteiger partial charge in [0.05, 0.1) is 24.5 Å². The van der Waals surface area contributed by atoms with Crippen LogP contribution in [-0.4, -0.2) is 56.0 Å². The van der Waals surface area contributed by atoms with Crippen LogP contribution in [0.25, 0.3) is 0 Å². The minimum atomic E-state index is -0.989. The molecule has 3 rings (SSSR count). The number of nitrogens with zero attached hydrogens (tertiary/aromatic N) is 2. The zero-order chi connectivity index (χ0) is 15.0. The summed E-state index contributed by atoms with van der Waals surface area (Å²) < 4.78 is 32.2. The third kappa shape index (κ3) is 2.54. The van der Waals surface area contributed by atoms with Crippen LogP contribution in [0.2, 0.25) is 0 Å². The molecular weight excluding hydrogens is 282 g/mol. The molecule has 0 aliphatic carbocycles. The van der Waals surface area contributed by atoms with E-state index < -0.39 is 23.3 Å². The van der Waals surface area contributed by atoms with Gasteiger partial charge in [0.2, 0.25) is 0 Å². The zero-order valence-electron chi connectivity index (χ0n) is 11.3. The van der Waals surface area contributed by atoms with E-state index in [2.05, 4.69) is 4.90 Å². The third-order valence-corrected chi connectivity index (χ3v) is 3.73. The first-order chi connectivity index (χ1) is 10.1. The van der Waals surface area contributed by atoms with Crippen molar-refractivity contribution in [3.63, 3.8) is 0 Å². The summed E-state index contributed by atoms with van der Waals surface area (Å²) in [4.78, 5) is 27.0. The first-order valence-electron chi connectivity index (χ1n) is 6.73. The molecule has 0 radical (unpaired) electrons. The second kappa shape index (κ2) is 5.50. The highest BCUT2D eigenvalue weighted by Gasteiger charge is 2.38. The van der Waals surface area contributed by atoms with Gasteiger partial charge in [-0.3, -0.25) is 14.5 Å². The zero-order valence-corrected chi connectivity index (χ0v) is 11.3. The summed E-state index contributed by atoms with van der Waals surface area (Å²) in [5.41, 5.74) is -0.306. The van der Waals surface area contributed by atoms with Crippen LogP contribution in [0, 0.1) is 11.6 Å². The first kappa shape index (κ1) is 14.1. The molecule has 2 heterocycles. The third-order valence-electron chi connectivity index (χ3n) is 3.73. The van der Waals surface area contributed by atoms with Gasteiger partial charge >= 0.3 is 0 Å². The van der Waals surface area contributed by atoms with Crippen LogP contribution < -0.4 is 4.90 Å². The predicted molar refractivity (Wildman–Crippen MR) is 70.3 cm³/mol.